The van der Waals surface area contributed by atoms with Crippen LogP contribution < -0.4 is 4.74 Å². The van der Waals surface area contributed by atoms with Crippen molar-refractivity contribution in [2.45, 2.75) is 33.6 Å². The first-order chi connectivity index (χ1) is 12.9. The summed E-state index contributed by atoms with van der Waals surface area (Å²) in [5.41, 5.74) is 2.55. The van der Waals surface area contributed by atoms with Crippen LogP contribution in [-0.4, -0.2) is 41.3 Å². The zero-order valence-corrected chi connectivity index (χ0v) is 16.0. The maximum Gasteiger partial charge on any atom is 0.255 e. The number of aromatic nitrogens is 1. The molecule has 0 bridgehead atoms. The molecule has 1 atom stereocenters. The summed E-state index contributed by atoms with van der Waals surface area (Å²) in [6, 6.07) is 5.96. The molecule has 1 unspecified atom stereocenters. The number of ether oxygens (including phenoxy) is 1. The minimum atomic E-state index is -0.293. The van der Waals surface area contributed by atoms with Crippen molar-refractivity contribution in [3.05, 3.63) is 52.6 Å². The van der Waals surface area contributed by atoms with Gasteiger partial charge in [0.05, 0.1) is 17.9 Å². The second kappa shape index (κ2) is 7.94. The van der Waals surface area contributed by atoms with Gasteiger partial charge in [-0.3, -0.25) is 9.59 Å². The summed E-state index contributed by atoms with van der Waals surface area (Å²) in [7, 11) is 0. The van der Waals surface area contributed by atoms with E-state index in [4.69, 9.17) is 4.74 Å². The highest BCUT2D eigenvalue weighted by Gasteiger charge is 2.28. The Morgan fingerprint density at radius 1 is 1.26 bits per heavy atom. The molecule has 2 aromatic rings. The highest BCUT2D eigenvalue weighted by Crippen LogP contribution is 2.24. The smallest absolute Gasteiger partial charge is 0.255 e. The van der Waals surface area contributed by atoms with E-state index in [0.29, 0.717) is 36.7 Å². The largest absolute Gasteiger partial charge is 0.493 e. The first-order valence-corrected chi connectivity index (χ1v) is 9.24. The molecule has 1 aromatic heterocycles. The van der Waals surface area contributed by atoms with Gasteiger partial charge in [0, 0.05) is 31.6 Å². The summed E-state index contributed by atoms with van der Waals surface area (Å²) < 4.78 is 18.7. The van der Waals surface area contributed by atoms with Gasteiger partial charge in [-0.25, -0.2) is 4.39 Å². The number of halogens is 1. The highest BCUT2D eigenvalue weighted by atomic mass is 19.1. The molecule has 144 valence electrons. The zero-order valence-electron chi connectivity index (χ0n) is 16.0. The number of aryl methyl sites for hydroxylation is 1. The predicted octanol–water partition coefficient (Wildman–Crippen LogP) is 3.90. The van der Waals surface area contributed by atoms with Crippen LogP contribution in [0.4, 0.5) is 4.39 Å². The second-order valence-corrected chi connectivity index (χ2v) is 7.21. The van der Waals surface area contributed by atoms with Crippen LogP contribution in [0.25, 0.3) is 0 Å². The minimum absolute atomic E-state index is 0.0415. The number of benzene rings is 1. The number of nitrogens with zero attached hydrogens (tertiary/aromatic N) is 1. The number of likely N-dealkylation sites (tertiary alicyclic amines) is 1. The van der Waals surface area contributed by atoms with Crippen LogP contribution in [0.5, 0.6) is 5.75 Å². The van der Waals surface area contributed by atoms with Crippen molar-refractivity contribution in [2.75, 3.05) is 19.7 Å². The van der Waals surface area contributed by atoms with Crippen molar-refractivity contribution in [3.63, 3.8) is 0 Å². The molecule has 5 nitrogen and oxygen atoms in total. The molecule has 1 fully saturated rings. The topological polar surface area (TPSA) is 62.4 Å². The SMILES string of the molecule is CC(=O)c1[nH]c(C)c(C(=O)N2CCCC(COc3ccc(F)cc3)C2)c1C. The molecule has 6 heteroatoms. The molecule has 27 heavy (non-hydrogen) atoms. The highest BCUT2D eigenvalue weighted by molar-refractivity contribution is 6.02. The third kappa shape index (κ3) is 4.21. The molecule has 0 spiro atoms. The third-order valence-corrected chi connectivity index (χ3v) is 5.11. The number of ketones is 1. The number of Topliss-reactive ketones (excluding diaryl/α,β-unsaturated/α-hetero) is 1. The first-order valence-electron chi connectivity index (χ1n) is 9.24. The van der Waals surface area contributed by atoms with Crippen LogP contribution in [0, 0.1) is 25.6 Å². The molecule has 1 aliphatic heterocycles. The second-order valence-electron chi connectivity index (χ2n) is 7.21. The van der Waals surface area contributed by atoms with Gasteiger partial charge < -0.3 is 14.6 Å². The summed E-state index contributed by atoms with van der Waals surface area (Å²) in [4.78, 5) is 29.7. The van der Waals surface area contributed by atoms with Crippen molar-refractivity contribution >= 4 is 11.7 Å². The Morgan fingerprint density at radius 2 is 1.96 bits per heavy atom. The van der Waals surface area contributed by atoms with Crippen molar-refractivity contribution in [3.8, 4) is 5.75 Å². The number of amides is 1. The van der Waals surface area contributed by atoms with Crippen molar-refractivity contribution in [2.24, 2.45) is 5.92 Å². The predicted molar refractivity (Wildman–Crippen MR) is 101 cm³/mol. The monoisotopic (exact) mass is 372 g/mol. The van der Waals surface area contributed by atoms with Gasteiger partial charge in [0.2, 0.25) is 0 Å². The fourth-order valence-electron chi connectivity index (χ4n) is 3.71. The van der Waals surface area contributed by atoms with E-state index in [1.54, 1.807) is 12.1 Å². The van der Waals surface area contributed by atoms with E-state index in [1.165, 1.54) is 19.1 Å². The molecule has 0 radical (unpaired) electrons. The van der Waals surface area contributed by atoms with Gasteiger partial charge in [-0.1, -0.05) is 0 Å². The lowest BCUT2D eigenvalue weighted by Gasteiger charge is -2.33. The Hall–Kier alpha value is -2.63. The molecule has 1 saturated heterocycles. The summed E-state index contributed by atoms with van der Waals surface area (Å²) in [5.74, 6) is 0.445. The Kier molecular flexibility index (Phi) is 5.63. The van der Waals surface area contributed by atoms with Gasteiger partial charge in [-0.15, -0.1) is 0 Å². The number of carbonyl (C=O) groups excluding carboxylic acids is 2. The maximum absolute atomic E-state index is 13.0. The Labute approximate surface area is 158 Å². The van der Waals surface area contributed by atoms with E-state index in [2.05, 4.69) is 4.98 Å². The first kappa shape index (κ1) is 19.1. The average molecular weight is 372 g/mol. The summed E-state index contributed by atoms with van der Waals surface area (Å²) in [6.07, 6.45) is 1.89. The van der Waals surface area contributed by atoms with E-state index in [-0.39, 0.29) is 23.4 Å². The molecule has 2 heterocycles. The van der Waals surface area contributed by atoms with E-state index >= 15 is 0 Å². The lowest BCUT2D eigenvalue weighted by molar-refractivity contribution is 0.0632. The standard InChI is InChI=1S/C21H25FN2O3/c1-13-19(14(2)23-20(13)15(3)25)21(26)24-10-4-5-16(11-24)12-27-18-8-6-17(22)7-9-18/h6-9,16,23H,4-5,10-12H2,1-3H3. The van der Waals surface area contributed by atoms with Gasteiger partial charge in [-0.2, -0.15) is 0 Å². The quantitative estimate of drug-likeness (QED) is 0.810. The van der Waals surface area contributed by atoms with Crippen LogP contribution in [0.2, 0.25) is 0 Å². The van der Waals surface area contributed by atoms with E-state index in [9.17, 15) is 14.0 Å². The zero-order chi connectivity index (χ0) is 19.6. The Morgan fingerprint density at radius 3 is 2.59 bits per heavy atom. The summed E-state index contributed by atoms with van der Waals surface area (Å²) in [6.45, 7) is 6.93. The van der Waals surface area contributed by atoms with E-state index < -0.39 is 0 Å². The van der Waals surface area contributed by atoms with E-state index in [1.807, 2.05) is 18.7 Å². The molecular weight excluding hydrogens is 347 g/mol. The van der Waals surface area contributed by atoms with Crippen molar-refractivity contribution < 1.29 is 18.7 Å². The van der Waals surface area contributed by atoms with Crippen LogP contribution >= 0.6 is 0 Å². The number of hydrogen-bond acceptors (Lipinski definition) is 3. The van der Waals surface area contributed by atoms with Gasteiger partial charge in [0.1, 0.15) is 11.6 Å². The maximum atomic E-state index is 13.0. The van der Waals surface area contributed by atoms with Crippen LogP contribution in [0.1, 0.15) is 51.9 Å². The number of hydrogen-bond donors (Lipinski definition) is 1. The number of piperidine rings is 1. The molecule has 1 aliphatic rings. The van der Waals surface area contributed by atoms with Gasteiger partial charge in [0.25, 0.3) is 5.91 Å². The number of nitrogens with one attached hydrogen (secondary N) is 1. The lowest BCUT2D eigenvalue weighted by atomic mass is 9.97. The minimum Gasteiger partial charge on any atom is -0.493 e. The average Bonchev–Trinajstić information content (AvgIpc) is 2.95. The molecule has 1 aromatic carbocycles. The number of aromatic amines is 1. The number of rotatable bonds is 5. The molecule has 0 saturated carbocycles. The van der Waals surface area contributed by atoms with Gasteiger partial charge >= 0.3 is 0 Å². The molecular formula is C21H25FN2O3. The molecule has 1 N–H and O–H groups in total. The number of carbonyl (C=O) groups is 2. The fraction of sp³-hybridized carbons (Fsp3) is 0.429. The normalized spacial score (nSPS) is 17.0. The van der Waals surface area contributed by atoms with E-state index in [0.717, 1.165) is 24.1 Å². The van der Waals surface area contributed by atoms with Crippen molar-refractivity contribution in [1.29, 1.82) is 0 Å². The summed E-state index contributed by atoms with van der Waals surface area (Å²) in [5, 5.41) is 0. The van der Waals surface area contributed by atoms with Crippen LogP contribution in [0.15, 0.2) is 24.3 Å². The van der Waals surface area contributed by atoms with Gasteiger partial charge in [-0.05, 0) is 56.5 Å². The molecule has 0 aliphatic carbocycles. The third-order valence-electron chi connectivity index (χ3n) is 5.11. The molecule has 1 amide bonds. The lowest BCUT2D eigenvalue weighted by Crippen LogP contribution is -2.42. The number of H-pyrrole nitrogens is 1. The Bertz CT molecular complexity index is 842. The van der Waals surface area contributed by atoms with Gasteiger partial charge in [0.15, 0.2) is 5.78 Å². The molecule has 3 rings (SSSR count). The van der Waals surface area contributed by atoms with Crippen LogP contribution in [-0.2, 0) is 0 Å². The van der Waals surface area contributed by atoms with Crippen LogP contribution in [0.3, 0.4) is 0 Å². The summed E-state index contributed by atoms with van der Waals surface area (Å²) >= 11 is 0. The Balaban J connectivity index is 1.66. The fourth-order valence-corrected chi connectivity index (χ4v) is 3.71. The van der Waals surface area contributed by atoms with Crippen molar-refractivity contribution in [1.82, 2.24) is 9.88 Å².